The maximum Gasteiger partial charge on any atom is 0.271 e. The van der Waals surface area contributed by atoms with Crippen LogP contribution in [0.3, 0.4) is 0 Å². The molecule has 3 aromatic rings. The highest BCUT2D eigenvalue weighted by molar-refractivity contribution is 6.32. The van der Waals surface area contributed by atoms with E-state index in [0.29, 0.717) is 40.9 Å². The van der Waals surface area contributed by atoms with Crippen LogP contribution in [0.15, 0.2) is 59.7 Å². The van der Waals surface area contributed by atoms with E-state index >= 15 is 0 Å². The van der Waals surface area contributed by atoms with E-state index in [-0.39, 0.29) is 5.91 Å². The van der Waals surface area contributed by atoms with E-state index < -0.39 is 0 Å². The number of unbranched alkanes of at least 4 members (excludes halogenated alkanes) is 3. The molecular weight excluding hydrogens is 424 g/mol. The Labute approximate surface area is 194 Å². The van der Waals surface area contributed by atoms with Crippen LogP contribution in [0.2, 0.25) is 5.02 Å². The number of hydrazone groups is 1. The Balaban J connectivity index is 1.70. The number of carbonyl (C=O) groups is 1. The Morgan fingerprint density at radius 1 is 1.03 bits per heavy atom. The first kappa shape index (κ1) is 23.6. The van der Waals surface area contributed by atoms with Gasteiger partial charge in [-0.2, -0.15) is 5.10 Å². The average Bonchev–Trinajstić information content (AvgIpc) is 2.80. The first-order chi connectivity index (χ1) is 15.6. The van der Waals surface area contributed by atoms with E-state index in [2.05, 4.69) is 17.5 Å². The minimum Gasteiger partial charge on any atom is -0.490 e. The lowest BCUT2D eigenvalue weighted by Crippen LogP contribution is -2.17. The number of halogens is 1. The highest BCUT2D eigenvalue weighted by atomic mass is 35.5. The maximum atomic E-state index is 12.6. The average molecular weight is 453 g/mol. The summed E-state index contributed by atoms with van der Waals surface area (Å²) < 4.78 is 11.6. The van der Waals surface area contributed by atoms with Crippen LogP contribution in [0.1, 0.15) is 55.5 Å². The Morgan fingerprint density at radius 2 is 1.84 bits per heavy atom. The van der Waals surface area contributed by atoms with Crippen LogP contribution in [-0.2, 0) is 0 Å². The van der Waals surface area contributed by atoms with Crippen LogP contribution in [0.5, 0.6) is 11.5 Å². The molecule has 0 aliphatic carbocycles. The van der Waals surface area contributed by atoms with Crippen LogP contribution in [0.4, 0.5) is 0 Å². The lowest BCUT2D eigenvalue weighted by molar-refractivity contribution is 0.0957. The predicted molar refractivity (Wildman–Crippen MR) is 131 cm³/mol. The second kappa shape index (κ2) is 12.1. The van der Waals surface area contributed by atoms with E-state index in [4.69, 9.17) is 21.1 Å². The molecule has 5 nitrogen and oxygen atoms in total. The molecule has 0 atom stereocenters. The summed E-state index contributed by atoms with van der Waals surface area (Å²) in [4.78, 5) is 12.6. The summed E-state index contributed by atoms with van der Waals surface area (Å²) in [6, 6.07) is 16.9. The van der Waals surface area contributed by atoms with Crippen molar-refractivity contribution in [2.24, 2.45) is 5.10 Å². The van der Waals surface area contributed by atoms with Crippen LogP contribution in [0.25, 0.3) is 10.8 Å². The summed E-state index contributed by atoms with van der Waals surface area (Å²) in [6.07, 6.45) is 6.01. The molecule has 0 fully saturated rings. The Bertz CT molecular complexity index is 1080. The molecule has 0 aliphatic rings. The van der Waals surface area contributed by atoms with Gasteiger partial charge in [-0.15, -0.1) is 0 Å². The number of nitrogens with one attached hydrogen (secondary N) is 1. The van der Waals surface area contributed by atoms with Crippen molar-refractivity contribution in [3.63, 3.8) is 0 Å². The lowest BCUT2D eigenvalue weighted by atomic mass is 10.0. The van der Waals surface area contributed by atoms with Crippen molar-refractivity contribution >= 4 is 34.5 Å². The van der Waals surface area contributed by atoms with Crippen LogP contribution in [0, 0.1) is 0 Å². The summed E-state index contributed by atoms with van der Waals surface area (Å²) >= 11 is 6.46. The monoisotopic (exact) mass is 452 g/mol. The zero-order valence-corrected chi connectivity index (χ0v) is 19.3. The van der Waals surface area contributed by atoms with Gasteiger partial charge in [0.05, 0.1) is 24.5 Å². The van der Waals surface area contributed by atoms with E-state index in [1.807, 2.05) is 49.4 Å². The molecule has 6 heteroatoms. The Hall–Kier alpha value is -3.05. The van der Waals surface area contributed by atoms with Gasteiger partial charge < -0.3 is 9.47 Å². The lowest BCUT2D eigenvalue weighted by Gasteiger charge is -2.14. The standard InChI is InChI=1S/C26H29ClN2O3/c1-3-5-6-9-15-32-25-23(27)16-19(17-24(25)31-4-2)18-28-29-26(30)22-14-10-12-20-11-7-8-13-21(20)22/h7-8,10-14,16-18H,3-6,9,15H2,1-2H3,(H,29,30). The fraction of sp³-hybridized carbons (Fsp3) is 0.308. The molecule has 32 heavy (non-hydrogen) atoms. The molecule has 0 unspecified atom stereocenters. The van der Waals surface area contributed by atoms with Crippen LogP contribution in [-0.4, -0.2) is 25.3 Å². The number of nitrogens with zero attached hydrogens (tertiary/aromatic N) is 1. The van der Waals surface area contributed by atoms with Crippen LogP contribution < -0.4 is 14.9 Å². The highest BCUT2D eigenvalue weighted by Crippen LogP contribution is 2.36. The number of fused-ring (bicyclic) bond motifs is 1. The molecule has 0 saturated carbocycles. The molecule has 0 heterocycles. The quantitative estimate of drug-likeness (QED) is 0.202. The molecule has 0 spiro atoms. The van der Waals surface area contributed by atoms with Crippen molar-refractivity contribution < 1.29 is 14.3 Å². The first-order valence-corrected chi connectivity index (χ1v) is 11.4. The van der Waals surface area contributed by atoms with Crippen molar-refractivity contribution in [2.75, 3.05) is 13.2 Å². The summed E-state index contributed by atoms with van der Waals surface area (Å²) in [5.41, 5.74) is 3.87. The SMILES string of the molecule is CCCCCCOc1c(Cl)cc(C=NNC(=O)c2cccc3ccccc23)cc1OCC. The third-order valence-corrected chi connectivity index (χ3v) is 5.27. The minimum atomic E-state index is -0.277. The van der Waals surface area contributed by atoms with Crippen molar-refractivity contribution in [1.82, 2.24) is 5.43 Å². The summed E-state index contributed by atoms with van der Waals surface area (Å²) in [6.45, 7) is 5.16. The van der Waals surface area contributed by atoms with E-state index in [0.717, 1.165) is 23.6 Å². The molecule has 0 radical (unpaired) electrons. The van der Waals surface area contributed by atoms with Gasteiger partial charge in [0.2, 0.25) is 0 Å². The number of hydrogen-bond donors (Lipinski definition) is 1. The van der Waals surface area contributed by atoms with Gasteiger partial charge in [-0.1, -0.05) is 74.2 Å². The molecule has 1 N–H and O–H groups in total. The van der Waals surface area contributed by atoms with E-state index in [1.54, 1.807) is 18.3 Å². The number of ether oxygens (including phenoxy) is 2. The largest absolute Gasteiger partial charge is 0.490 e. The number of rotatable bonds is 11. The smallest absolute Gasteiger partial charge is 0.271 e. The van der Waals surface area contributed by atoms with Gasteiger partial charge in [0, 0.05) is 5.56 Å². The molecule has 0 bridgehead atoms. The normalized spacial score (nSPS) is 11.1. The number of amides is 1. The van der Waals surface area contributed by atoms with Crippen LogP contribution >= 0.6 is 11.6 Å². The second-order valence-electron chi connectivity index (χ2n) is 7.40. The molecule has 0 saturated heterocycles. The zero-order chi connectivity index (χ0) is 22.8. The molecule has 0 aromatic heterocycles. The van der Waals surface area contributed by atoms with E-state index in [9.17, 15) is 4.79 Å². The van der Waals surface area contributed by atoms with Gasteiger partial charge in [0.1, 0.15) is 0 Å². The van der Waals surface area contributed by atoms with Gasteiger partial charge in [-0.05, 0) is 47.9 Å². The molecule has 3 aromatic carbocycles. The zero-order valence-electron chi connectivity index (χ0n) is 18.6. The number of carbonyl (C=O) groups excluding carboxylic acids is 1. The van der Waals surface area contributed by atoms with E-state index in [1.165, 1.54) is 12.8 Å². The van der Waals surface area contributed by atoms with Crippen molar-refractivity contribution in [1.29, 1.82) is 0 Å². The molecular formula is C26H29ClN2O3. The fourth-order valence-electron chi connectivity index (χ4n) is 3.42. The van der Waals surface area contributed by atoms with Gasteiger partial charge in [0.25, 0.3) is 5.91 Å². The fourth-order valence-corrected chi connectivity index (χ4v) is 3.69. The third-order valence-electron chi connectivity index (χ3n) is 4.99. The number of hydrogen-bond acceptors (Lipinski definition) is 4. The molecule has 0 aliphatic heterocycles. The topological polar surface area (TPSA) is 59.9 Å². The predicted octanol–water partition coefficient (Wildman–Crippen LogP) is 6.61. The molecule has 1 amide bonds. The van der Waals surface area contributed by atoms with Crippen molar-refractivity contribution in [2.45, 2.75) is 39.5 Å². The van der Waals surface area contributed by atoms with Crippen molar-refractivity contribution in [3.05, 3.63) is 70.7 Å². The molecule has 3 rings (SSSR count). The van der Waals surface area contributed by atoms with Gasteiger partial charge in [0.15, 0.2) is 11.5 Å². The minimum absolute atomic E-state index is 0.277. The van der Waals surface area contributed by atoms with Gasteiger partial charge >= 0.3 is 0 Å². The number of benzene rings is 3. The van der Waals surface area contributed by atoms with Gasteiger partial charge in [-0.3, -0.25) is 4.79 Å². The van der Waals surface area contributed by atoms with Gasteiger partial charge in [-0.25, -0.2) is 5.43 Å². The Kier molecular flexibility index (Phi) is 8.93. The van der Waals surface area contributed by atoms with Crippen molar-refractivity contribution in [3.8, 4) is 11.5 Å². The molecule has 168 valence electrons. The second-order valence-corrected chi connectivity index (χ2v) is 7.81. The summed E-state index contributed by atoms with van der Waals surface area (Å²) in [7, 11) is 0. The maximum absolute atomic E-state index is 12.6. The Morgan fingerprint density at radius 3 is 2.66 bits per heavy atom. The summed E-state index contributed by atoms with van der Waals surface area (Å²) in [5, 5.41) is 6.45. The summed E-state index contributed by atoms with van der Waals surface area (Å²) in [5.74, 6) is 0.834. The first-order valence-electron chi connectivity index (χ1n) is 11.0. The highest BCUT2D eigenvalue weighted by Gasteiger charge is 2.13. The third kappa shape index (κ3) is 6.24.